The Kier molecular flexibility index (Phi) is 14.9. The van der Waals surface area contributed by atoms with E-state index in [-0.39, 0.29) is 24.4 Å². The van der Waals surface area contributed by atoms with Crippen LogP contribution >= 0.6 is 0 Å². The highest BCUT2D eigenvalue weighted by Gasteiger charge is 2.80. The van der Waals surface area contributed by atoms with Gasteiger partial charge in [-0.3, -0.25) is 14.4 Å². The van der Waals surface area contributed by atoms with Gasteiger partial charge in [0, 0.05) is 18.8 Å². The molecule has 0 radical (unpaired) electrons. The number of hydrogen-bond donors (Lipinski definition) is 1. The molecule has 0 amide bonds. The number of Topliss-reactive ketones (excluding diaryl/α,β-unsaturated/α-hetero) is 2. The maximum atomic E-state index is 16.7. The molecular formula is C47H76O11Si3. The van der Waals surface area contributed by atoms with Crippen LogP contribution in [0.2, 0.25) is 54.4 Å². The van der Waals surface area contributed by atoms with E-state index in [1.54, 1.807) is 37.3 Å². The molecule has 1 aromatic rings. The number of carbonyl (C=O) groups is 4. The van der Waals surface area contributed by atoms with E-state index in [0.29, 0.717) is 29.3 Å². The predicted molar refractivity (Wildman–Crippen MR) is 244 cm³/mol. The molecule has 5 rings (SSSR count). The Morgan fingerprint density at radius 3 is 1.72 bits per heavy atom. The fraction of sp³-hybridized carbons (Fsp3) is 0.745. The summed E-state index contributed by atoms with van der Waals surface area (Å²) in [6.07, 6.45) is -5.77. The molecule has 14 heteroatoms. The number of fused-ring (bicyclic) bond motifs is 5. The van der Waals surface area contributed by atoms with Crippen LogP contribution in [0.4, 0.5) is 0 Å². The van der Waals surface area contributed by atoms with Crippen LogP contribution < -0.4 is 0 Å². The van der Waals surface area contributed by atoms with Gasteiger partial charge in [0.1, 0.15) is 30.0 Å². The Hall–Kier alpha value is -2.31. The Morgan fingerprint density at radius 2 is 1.26 bits per heavy atom. The van der Waals surface area contributed by atoms with Crippen molar-refractivity contribution in [2.45, 2.75) is 199 Å². The number of ether oxygens (including phenoxy) is 3. The minimum atomic E-state index is -2.74. The number of aliphatic hydroxyl groups is 1. The van der Waals surface area contributed by atoms with E-state index in [0.717, 1.165) is 36.3 Å². The molecule has 9 atom stereocenters. The fourth-order valence-corrected chi connectivity index (χ4v) is 20.2. The molecule has 4 aliphatic rings. The summed E-state index contributed by atoms with van der Waals surface area (Å²) in [4.78, 5) is 60.5. The molecule has 2 saturated carbocycles. The first kappa shape index (κ1) is 49.7. The molecule has 3 aliphatic carbocycles. The molecule has 1 saturated heterocycles. The molecular weight excluding hydrogens is 825 g/mol. The number of esters is 2. The van der Waals surface area contributed by atoms with Gasteiger partial charge in [-0.25, -0.2) is 4.79 Å². The van der Waals surface area contributed by atoms with Crippen molar-refractivity contribution in [3.63, 3.8) is 0 Å². The van der Waals surface area contributed by atoms with E-state index in [2.05, 4.69) is 62.3 Å². The zero-order chi connectivity index (χ0) is 45.6. The molecule has 1 aromatic carbocycles. The first-order valence-corrected chi connectivity index (χ1v) is 30.9. The monoisotopic (exact) mass is 900 g/mol. The summed E-state index contributed by atoms with van der Waals surface area (Å²) in [5.74, 6) is -3.42. The van der Waals surface area contributed by atoms with Gasteiger partial charge >= 0.3 is 11.9 Å². The number of ketones is 2. The lowest BCUT2D eigenvalue weighted by atomic mass is 9.44. The van der Waals surface area contributed by atoms with Crippen molar-refractivity contribution in [2.75, 3.05) is 6.61 Å². The summed E-state index contributed by atoms with van der Waals surface area (Å²) in [5.41, 5.74) is -6.07. The average Bonchev–Trinajstić information content (AvgIpc) is 3.25. The first-order valence-electron chi connectivity index (χ1n) is 23.3. The Labute approximate surface area is 368 Å². The van der Waals surface area contributed by atoms with E-state index >= 15 is 9.59 Å². The van der Waals surface area contributed by atoms with Crippen molar-refractivity contribution in [1.82, 2.24) is 0 Å². The summed E-state index contributed by atoms with van der Waals surface area (Å²) < 4.78 is 42.0. The third-order valence-electron chi connectivity index (χ3n) is 16.7. The second-order valence-electron chi connectivity index (χ2n) is 19.1. The van der Waals surface area contributed by atoms with Crippen LogP contribution in [0, 0.1) is 16.7 Å². The zero-order valence-corrected chi connectivity index (χ0v) is 42.7. The molecule has 0 aromatic heterocycles. The van der Waals surface area contributed by atoms with Crippen molar-refractivity contribution >= 4 is 48.5 Å². The Morgan fingerprint density at radius 1 is 0.770 bits per heavy atom. The van der Waals surface area contributed by atoms with Crippen molar-refractivity contribution in [3.05, 3.63) is 47.0 Å². The molecule has 1 aliphatic heterocycles. The molecule has 1 heterocycles. The highest BCUT2D eigenvalue weighted by Crippen LogP contribution is 2.65. The van der Waals surface area contributed by atoms with E-state index in [1.165, 1.54) is 6.92 Å². The molecule has 342 valence electrons. The van der Waals surface area contributed by atoms with Crippen LogP contribution in [0.3, 0.4) is 0 Å². The minimum absolute atomic E-state index is 0.118. The van der Waals surface area contributed by atoms with Gasteiger partial charge in [0.05, 0.1) is 29.6 Å². The SMILES string of the molecule is CC[Si](CC)(CC)O[C@H]1C(=O)[C@]2(C)[C@@H](O[Si](CC)(CC)CC)C[C@H]3OC[C@@]3(OC(C)=O)[C@H]2[C@H](OC(=O)c2ccccc2)C2(O)[C@@H](O[Si](CC)(CC)CC)C(=O)C(C)=C1C2(C)C. The van der Waals surface area contributed by atoms with Crippen LogP contribution in [-0.4, -0.2) is 102 Å². The smallest absolute Gasteiger partial charge is 0.338 e. The molecule has 1 unspecified atom stereocenters. The van der Waals surface area contributed by atoms with Crippen molar-refractivity contribution in [2.24, 2.45) is 16.7 Å². The third-order valence-corrected chi connectivity index (χ3v) is 30.5. The summed E-state index contributed by atoms with van der Waals surface area (Å²) in [7, 11) is -7.95. The number of hydrogen-bond acceptors (Lipinski definition) is 11. The summed E-state index contributed by atoms with van der Waals surface area (Å²) in [6, 6.07) is 15.1. The lowest BCUT2D eigenvalue weighted by molar-refractivity contribution is -0.346. The largest absolute Gasteiger partial charge is 0.455 e. The summed E-state index contributed by atoms with van der Waals surface area (Å²) in [5, 5.41) is 14.5. The summed E-state index contributed by atoms with van der Waals surface area (Å²) in [6.45, 7) is 27.3. The van der Waals surface area contributed by atoms with Gasteiger partial charge in [-0.15, -0.1) is 0 Å². The maximum Gasteiger partial charge on any atom is 0.338 e. The minimum Gasteiger partial charge on any atom is -0.455 e. The van der Waals surface area contributed by atoms with Gasteiger partial charge in [-0.2, -0.15) is 0 Å². The average molecular weight is 901 g/mol. The van der Waals surface area contributed by atoms with Crippen molar-refractivity contribution < 1.29 is 51.8 Å². The lowest BCUT2D eigenvalue weighted by Gasteiger charge is -2.69. The van der Waals surface area contributed by atoms with Crippen molar-refractivity contribution in [1.29, 1.82) is 0 Å². The van der Waals surface area contributed by atoms with Crippen LogP contribution in [-0.2, 0) is 41.9 Å². The maximum absolute atomic E-state index is 16.7. The van der Waals surface area contributed by atoms with Gasteiger partial charge in [0.15, 0.2) is 42.1 Å². The summed E-state index contributed by atoms with van der Waals surface area (Å²) >= 11 is 0. The second-order valence-corrected chi connectivity index (χ2v) is 33.3. The van der Waals surface area contributed by atoms with E-state index in [9.17, 15) is 14.7 Å². The van der Waals surface area contributed by atoms with Gasteiger partial charge in [0.2, 0.25) is 0 Å². The highest BCUT2D eigenvalue weighted by atomic mass is 28.4. The van der Waals surface area contributed by atoms with Crippen LogP contribution in [0.15, 0.2) is 41.5 Å². The third kappa shape index (κ3) is 7.78. The predicted octanol–water partition coefficient (Wildman–Crippen LogP) is 9.35. The molecule has 3 fully saturated rings. The van der Waals surface area contributed by atoms with E-state index in [4.69, 9.17) is 27.5 Å². The fourth-order valence-electron chi connectivity index (χ4n) is 11.8. The Balaban J connectivity index is 2.02. The normalized spacial score (nSPS) is 32.6. The van der Waals surface area contributed by atoms with Crippen LogP contribution in [0.1, 0.15) is 114 Å². The van der Waals surface area contributed by atoms with Gasteiger partial charge in [0.25, 0.3) is 0 Å². The standard InChI is InChI=1S/C47H76O11Si3/c1-15-59(16-2,17-3)56-34-29-35-46(30-53-35,55-32(11)48)39-42(54-43(51)33-27-25-24-26-28-33)47(52)41(58-61(21-7,22-8)23-9)37(49)31(10)36(44(47,12)13)38(40(50)45(34,39)14)57-60(18-4,19-5)20-6/h24-28,34-35,38-39,41-42,52H,15-23,29-30H2,1-14H3/t34-,35+,38+,39-,41-,42-,45+,46-,47?/m0/s1. The number of carbonyl (C=O) groups excluding carboxylic acids is 4. The first-order chi connectivity index (χ1) is 28.7. The highest BCUT2D eigenvalue weighted by molar-refractivity contribution is 6.74. The Bertz CT molecular complexity index is 1800. The number of rotatable bonds is 18. The molecule has 2 bridgehead atoms. The van der Waals surface area contributed by atoms with Gasteiger partial charge in [-0.05, 0) is 91.5 Å². The molecule has 11 nitrogen and oxygen atoms in total. The van der Waals surface area contributed by atoms with E-state index in [1.807, 2.05) is 20.8 Å². The van der Waals surface area contributed by atoms with Gasteiger partial charge in [-0.1, -0.05) is 94.4 Å². The van der Waals surface area contributed by atoms with Crippen LogP contribution in [0.25, 0.3) is 0 Å². The molecule has 0 spiro atoms. The quantitative estimate of drug-likeness (QED) is 0.111. The topological polar surface area (TPSA) is 144 Å². The van der Waals surface area contributed by atoms with E-state index < -0.39 is 101 Å². The lowest BCUT2D eigenvalue weighted by Crippen LogP contribution is -2.84. The zero-order valence-electron chi connectivity index (χ0n) is 39.7. The second kappa shape index (κ2) is 18.3. The van der Waals surface area contributed by atoms with Gasteiger partial charge < -0.3 is 32.6 Å². The van der Waals surface area contributed by atoms with Crippen LogP contribution in [0.5, 0.6) is 0 Å². The molecule has 1 N–H and O–H groups in total. The van der Waals surface area contributed by atoms with Crippen molar-refractivity contribution in [3.8, 4) is 0 Å². The number of benzene rings is 1. The molecule has 61 heavy (non-hydrogen) atoms.